The largest absolute Gasteiger partial charge is 0.389 e. The van der Waals surface area contributed by atoms with Crippen molar-refractivity contribution < 1.29 is 19.4 Å². The number of carbonyl (C=O) groups excluding carboxylic acids is 2. The van der Waals surface area contributed by atoms with E-state index in [1.165, 1.54) is 0 Å². The van der Waals surface area contributed by atoms with Gasteiger partial charge in [0.2, 0.25) is 0 Å². The number of halogens is 1. The number of aliphatic hydroxyl groups is 1. The smallest absolute Gasteiger partial charge is 0.327 e. The molecule has 3 amide bonds. The lowest BCUT2D eigenvalue weighted by Gasteiger charge is -2.26. The van der Waals surface area contributed by atoms with Crippen LogP contribution in [0, 0.1) is 0 Å². The molecule has 2 unspecified atom stereocenters. The number of rotatable bonds is 6. The molecule has 1 N–H and O–H groups in total. The third kappa shape index (κ3) is 3.71. The number of amides is 3. The number of nitrogens with zero attached hydrogens (tertiary/aromatic N) is 2. The van der Waals surface area contributed by atoms with E-state index in [4.69, 9.17) is 16.3 Å². The molecule has 0 aliphatic carbocycles. The van der Waals surface area contributed by atoms with Gasteiger partial charge >= 0.3 is 6.03 Å². The standard InChI is InChI=1S/C17H21ClN2O4/c18-13-6-4-12(5-7-13)10-24-11-14(21)9-20-16(22)15-3-1-2-8-19(15)17(20)23/h4-7,14-15,21H,1-3,8-11H2. The summed E-state index contributed by atoms with van der Waals surface area (Å²) in [5.41, 5.74) is 0.942. The first-order valence-corrected chi connectivity index (χ1v) is 8.56. The Morgan fingerprint density at radius 2 is 2.00 bits per heavy atom. The summed E-state index contributed by atoms with van der Waals surface area (Å²) in [5.74, 6) is -0.198. The Bertz CT molecular complexity index is 583. The van der Waals surface area contributed by atoms with E-state index in [-0.39, 0.29) is 31.1 Å². The lowest BCUT2D eigenvalue weighted by Crippen LogP contribution is -2.40. The number of urea groups is 1. The summed E-state index contributed by atoms with van der Waals surface area (Å²) in [4.78, 5) is 27.4. The molecular weight excluding hydrogens is 332 g/mol. The van der Waals surface area contributed by atoms with E-state index in [0.717, 1.165) is 23.3 Å². The zero-order valence-corrected chi connectivity index (χ0v) is 14.1. The minimum Gasteiger partial charge on any atom is -0.389 e. The maximum atomic E-state index is 12.3. The van der Waals surface area contributed by atoms with Gasteiger partial charge in [0, 0.05) is 11.6 Å². The molecule has 0 radical (unpaired) electrons. The Morgan fingerprint density at radius 3 is 2.71 bits per heavy atom. The van der Waals surface area contributed by atoms with E-state index in [1.807, 2.05) is 12.1 Å². The molecule has 24 heavy (non-hydrogen) atoms. The van der Waals surface area contributed by atoms with Crippen LogP contribution in [0.2, 0.25) is 5.02 Å². The van der Waals surface area contributed by atoms with Crippen LogP contribution in [0.15, 0.2) is 24.3 Å². The number of fused-ring (bicyclic) bond motifs is 1. The fourth-order valence-corrected chi connectivity index (χ4v) is 3.30. The first-order valence-electron chi connectivity index (χ1n) is 8.18. The second-order valence-corrected chi connectivity index (χ2v) is 6.67. The highest BCUT2D eigenvalue weighted by molar-refractivity contribution is 6.30. The maximum absolute atomic E-state index is 12.3. The molecule has 0 aromatic heterocycles. The topological polar surface area (TPSA) is 70.1 Å². The van der Waals surface area contributed by atoms with Crippen LogP contribution in [0.3, 0.4) is 0 Å². The van der Waals surface area contributed by atoms with Crippen molar-refractivity contribution in [2.45, 2.75) is 38.0 Å². The quantitative estimate of drug-likeness (QED) is 0.795. The van der Waals surface area contributed by atoms with Gasteiger partial charge in [-0.05, 0) is 37.0 Å². The first-order chi connectivity index (χ1) is 11.6. The van der Waals surface area contributed by atoms with Crippen LogP contribution in [0.25, 0.3) is 0 Å². The Labute approximate surface area is 145 Å². The molecule has 0 saturated carbocycles. The summed E-state index contributed by atoms with van der Waals surface area (Å²) in [5, 5.41) is 10.7. The minimum absolute atomic E-state index is 0.0225. The molecule has 2 aliphatic heterocycles. The fourth-order valence-electron chi connectivity index (χ4n) is 3.17. The molecule has 0 spiro atoms. The zero-order valence-electron chi connectivity index (χ0n) is 13.4. The van der Waals surface area contributed by atoms with Gasteiger partial charge in [-0.3, -0.25) is 9.69 Å². The average molecular weight is 353 g/mol. The van der Waals surface area contributed by atoms with E-state index in [2.05, 4.69) is 0 Å². The number of β-amino-alcohol motifs (C(OH)–C–C–N with tert-alkyl or cyclic N) is 1. The molecule has 3 rings (SSSR count). The van der Waals surface area contributed by atoms with Crippen LogP contribution < -0.4 is 0 Å². The molecule has 2 heterocycles. The number of hydrogen-bond acceptors (Lipinski definition) is 4. The van der Waals surface area contributed by atoms with Gasteiger partial charge in [0.05, 0.1) is 25.9 Å². The summed E-state index contributed by atoms with van der Waals surface area (Å²) < 4.78 is 5.46. The van der Waals surface area contributed by atoms with Gasteiger partial charge in [-0.25, -0.2) is 4.79 Å². The predicted molar refractivity (Wildman–Crippen MR) is 88.6 cm³/mol. The monoisotopic (exact) mass is 352 g/mol. The number of piperidine rings is 1. The Hall–Kier alpha value is -1.63. The van der Waals surface area contributed by atoms with Gasteiger partial charge in [0.15, 0.2) is 0 Å². The van der Waals surface area contributed by atoms with Crippen LogP contribution in [0.5, 0.6) is 0 Å². The molecule has 1 aromatic carbocycles. The lowest BCUT2D eigenvalue weighted by molar-refractivity contribution is -0.130. The Kier molecular flexibility index (Phi) is 5.38. The van der Waals surface area contributed by atoms with Crippen molar-refractivity contribution in [1.29, 1.82) is 0 Å². The summed E-state index contributed by atoms with van der Waals surface area (Å²) in [6.45, 7) is 0.995. The van der Waals surface area contributed by atoms with Crippen molar-refractivity contribution in [3.05, 3.63) is 34.9 Å². The van der Waals surface area contributed by atoms with Gasteiger partial charge in [0.25, 0.3) is 5.91 Å². The van der Waals surface area contributed by atoms with E-state index >= 15 is 0 Å². The fraction of sp³-hybridized carbons (Fsp3) is 0.529. The van der Waals surface area contributed by atoms with Gasteiger partial charge in [-0.1, -0.05) is 23.7 Å². The van der Waals surface area contributed by atoms with Crippen LogP contribution in [0.4, 0.5) is 4.79 Å². The number of benzene rings is 1. The SMILES string of the molecule is O=C1C2CCCCN2C(=O)N1CC(O)COCc1ccc(Cl)cc1. The second kappa shape index (κ2) is 7.51. The number of carbonyl (C=O) groups is 2. The van der Waals surface area contributed by atoms with E-state index in [0.29, 0.717) is 24.6 Å². The van der Waals surface area contributed by atoms with E-state index in [1.54, 1.807) is 17.0 Å². The number of ether oxygens (including phenoxy) is 1. The summed E-state index contributed by atoms with van der Waals surface area (Å²) in [6.07, 6.45) is 1.70. The number of aliphatic hydroxyl groups excluding tert-OH is 1. The molecule has 6 nitrogen and oxygen atoms in total. The first kappa shape index (κ1) is 17.2. The summed E-state index contributed by atoms with van der Waals surface area (Å²) in [7, 11) is 0. The Morgan fingerprint density at radius 1 is 1.25 bits per heavy atom. The molecule has 0 bridgehead atoms. The van der Waals surface area contributed by atoms with Crippen molar-refractivity contribution in [2.75, 3.05) is 19.7 Å². The summed E-state index contributed by atoms with van der Waals surface area (Å²) in [6, 6.07) is 6.61. The molecule has 2 atom stereocenters. The Balaban J connectivity index is 1.47. The van der Waals surface area contributed by atoms with Crippen molar-refractivity contribution >= 4 is 23.5 Å². The highest BCUT2D eigenvalue weighted by atomic mass is 35.5. The molecule has 2 saturated heterocycles. The molecule has 1 aromatic rings. The summed E-state index contributed by atoms with van der Waals surface area (Å²) >= 11 is 5.82. The van der Waals surface area contributed by atoms with Crippen LogP contribution in [0.1, 0.15) is 24.8 Å². The van der Waals surface area contributed by atoms with Crippen molar-refractivity contribution in [3.63, 3.8) is 0 Å². The van der Waals surface area contributed by atoms with E-state index < -0.39 is 6.10 Å². The predicted octanol–water partition coefficient (Wildman–Crippen LogP) is 2.03. The second-order valence-electron chi connectivity index (χ2n) is 6.23. The molecule has 2 aliphatic rings. The average Bonchev–Trinajstić information content (AvgIpc) is 2.82. The van der Waals surface area contributed by atoms with Gasteiger partial charge in [-0.15, -0.1) is 0 Å². The van der Waals surface area contributed by atoms with Gasteiger partial charge < -0.3 is 14.7 Å². The third-order valence-corrected chi connectivity index (χ3v) is 4.67. The van der Waals surface area contributed by atoms with Crippen LogP contribution >= 0.6 is 11.6 Å². The maximum Gasteiger partial charge on any atom is 0.327 e. The highest BCUT2D eigenvalue weighted by Gasteiger charge is 2.46. The zero-order chi connectivity index (χ0) is 17.1. The van der Waals surface area contributed by atoms with Crippen molar-refractivity contribution in [2.24, 2.45) is 0 Å². The number of hydrogen-bond donors (Lipinski definition) is 1. The van der Waals surface area contributed by atoms with Gasteiger partial charge in [0.1, 0.15) is 6.04 Å². The minimum atomic E-state index is -0.897. The number of imide groups is 1. The normalized spacial score (nSPS) is 22.0. The molecular formula is C17H21ClN2O4. The molecule has 130 valence electrons. The van der Waals surface area contributed by atoms with Crippen molar-refractivity contribution in [3.8, 4) is 0 Å². The van der Waals surface area contributed by atoms with Crippen molar-refractivity contribution in [1.82, 2.24) is 9.80 Å². The lowest BCUT2D eigenvalue weighted by atomic mass is 10.0. The third-order valence-electron chi connectivity index (χ3n) is 4.42. The molecule has 7 heteroatoms. The van der Waals surface area contributed by atoms with Crippen LogP contribution in [-0.4, -0.2) is 58.7 Å². The van der Waals surface area contributed by atoms with Gasteiger partial charge in [-0.2, -0.15) is 0 Å². The van der Waals surface area contributed by atoms with Crippen LogP contribution in [-0.2, 0) is 16.1 Å². The highest BCUT2D eigenvalue weighted by Crippen LogP contribution is 2.26. The van der Waals surface area contributed by atoms with E-state index in [9.17, 15) is 14.7 Å². The molecule has 2 fully saturated rings.